The second-order valence-electron chi connectivity index (χ2n) is 13.2. The van der Waals surface area contributed by atoms with E-state index in [-0.39, 0.29) is 18.1 Å². The molecule has 0 amide bonds. The number of halogens is 1. The third kappa shape index (κ3) is 7.99. The van der Waals surface area contributed by atoms with Gasteiger partial charge in [0, 0.05) is 18.6 Å². The maximum Gasteiger partial charge on any atom is 0.338 e. The summed E-state index contributed by atoms with van der Waals surface area (Å²) in [6, 6.07) is 29.1. The monoisotopic (exact) mass is 634 g/mol. The van der Waals surface area contributed by atoms with Crippen LogP contribution in [0.5, 0.6) is 0 Å². The second kappa shape index (κ2) is 14.5. The number of esters is 1. The SMILES string of the molecule is C[C@H](/C=C(/F)C(OC(=O)c1ccccc1)C1OC(C)(C)O[C@H]1CCO)[C@H](C)O[Si](c1ccccc1)(c1ccccc1)C(C)(C)C. The van der Waals surface area contributed by atoms with Crippen molar-refractivity contribution in [1.29, 1.82) is 0 Å². The molecule has 1 aliphatic rings. The number of ether oxygens (including phenoxy) is 3. The molecule has 1 fully saturated rings. The van der Waals surface area contributed by atoms with Crippen molar-refractivity contribution in [2.24, 2.45) is 5.92 Å². The first-order chi connectivity index (χ1) is 21.3. The van der Waals surface area contributed by atoms with Crippen molar-refractivity contribution >= 4 is 24.7 Å². The molecule has 2 unspecified atom stereocenters. The molecule has 0 saturated carbocycles. The fourth-order valence-electron chi connectivity index (χ4n) is 6.07. The summed E-state index contributed by atoms with van der Waals surface area (Å²) in [4.78, 5) is 13.2. The first-order valence-corrected chi connectivity index (χ1v) is 17.6. The molecule has 242 valence electrons. The van der Waals surface area contributed by atoms with Crippen molar-refractivity contribution in [3.05, 3.63) is 108 Å². The maximum absolute atomic E-state index is 16.5. The van der Waals surface area contributed by atoms with Gasteiger partial charge < -0.3 is 23.7 Å². The predicted octanol–water partition coefficient (Wildman–Crippen LogP) is 6.57. The zero-order valence-electron chi connectivity index (χ0n) is 27.4. The Labute approximate surface area is 268 Å². The van der Waals surface area contributed by atoms with Gasteiger partial charge in [-0.2, -0.15) is 0 Å². The standard InChI is InChI=1S/C37H47FO6Si/c1-26(27(2)44-45(36(3,4)5,29-19-13-9-14-20-29)30-21-15-10-16-22-30)25-31(38)33(41-35(40)28-17-11-8-12-18-28)34-32(23-24-39)42-37(6,7)43-34/h8-22,25-27,32-34,39H,23-24H2,1-7H3/b31-25+/t26-,27+,32+,33?,34?/m1/s1. The summed E-state index contributed by atoms with van der Waals surface area (Å²) < 4.78 is 41.7. The van der Waals surface area contributed by atoms with Crippen LogP contribution in [0.2, 0.25) is 5.04 Å². The fourth-order valence-corrected chi connectivity index (χ4v) is 10.9. The van der Waals surface area contributed by atoms with Gasteiger partial charge in [-0.05, 0) is 60.8 Å². The van der Waals surface area contributed by atoms with Gasteiger partial charge in [-0.25, -0.2) is 9.18 Å². The Bertz CT molecular complexity index is 1370. The summed E-state index contributed by atoms with van der Waals surface area (Å²) in [5.41, 5.74) is 0.295. The zero-order chi connectivity index (χ0) is 32.8. The molecule has 5 atom stereocenters. The number of rotatable bonds is 12. The topological polar surface area (TPSA) is 74.2 Å². The van der Waals surface area contributed by atoms with Crippen molar-refractivity contribution in [2.75, 3.05) is 6.61 Å². The molecule has 0 spiro atoms. The third-order valence-corrected chi connectivity index (χ3v) is 13.5. The van der Waals surface area contributed by atoms with Crippen LogP contribution in [-0.2, 0) is 18.6 Å². The van der Waals surface area contributed by atoms with E-state index in [2.05, 4.69) is 45.0 Å². The van der Waals surface area contributed by atoms with E-state index in [1.807, 2.05) is 50.2 Å². The summed E-state index contributed by atoms with van der Waals surface area (Å²) in [6.45, 7) is 13.7. The Hall–Kier alpha value is -3.14. The number of carbonyl (C=O) groups is 1. The maximum atomic E-state index is 16.5. The Morgan fingerprint density at radius 3 is 1.93 bits per heavy atom. The molecule has 0 bridgehead atoms. The number of hydrogen-bond acceptors (Lipinski definition) is 6. The van der Waals surface area contributed by atoms with Gasteiger partial charge in [0.2, 0.25) is 0 Å². The Morgan fingerprint density at radius 2 is 1.44 bits per heavy atom. The summed E-state index contributed by atoms with van der Waals surface area (Å²) in [5, 5.41) is 11.7. The van der Waals surface area contributed by atoms with Gasteiger partial charge in [0.15, 0.2) is 11.9 Å². The normalized spacial score (nSPS) is 20.8. The molecule has 8 heteroatoms. The van der Waals surface area contributed by atoms with E-state index in [1.54, 1.807) is 44.2 Å². The molecular weight excluding hydrogens is 587 g/mol. The van der Waals surface area contributed by atoms with E-state index in [1.165, 1.54) is 6.08 Å². The molecule has 1 saturated heterocycles. The number of aliphatic hydroxyl groups is 1. The lowest BCUT2D eigenvalue weighted by molar-refractivity contribution is -0.155. The van der Waals surface area contributed by atoms with Crippen LogP contribution in [0, 0.1) is 5.92 Å². The average Bonchev–Trinajstić information content (AvgIpc) is 3.32. The summed E-state index contributed by atoms with van der Waals surface area (Å²) in [7, 11) is -2.90. The van der Waals surface area contributed by atoms with Gasteiger partial charge in [0.05, 0.1) is 11.7 Å². The van der Waals surface area contributed by atoms with Crippen LogP contribution in [0.15, 0.2) is 103 Å². The molecule has 1 heterocycles. The third-order valence-electron chi connectivity index (χ3n) is 8.39. The van der Waals surface area contributed by atoms with Gasteiger partial charge in [-0.15, -0.1) is 0 Å². The van der Waals surface area contributed by atoms with Gasteiger partial charge in [0.1, 0.15) is 11.9 Å². The van der Waals surface area contributed by atoms with Crippen LogP contribution in [0.1, 0.15) is 65.2 Å². The Morgan fingerprint density at radius 1 is 0.933 bits per heavy atom. The molecular formula is C37H47FO6Si. The Kier molecular flexibility index (Phi) is 11.2. The van der Waals surface area contributed by atoms with Crippen LogP contribution in [0.3, 0.4) is 0 Å². The van der Waals surface area contributed by atoms with E-state index < -0.39 is 56.2 Å². The van der Waals surface area contributed by atoms with E-state index in [0.717, 1.165) is 10.4 Å². The molecule has 3 aromatic carbocycles. The number of aliphatic hydroxyl groups excluding tert-OH is 1. The summed E-state index contributed by atoms with van der Waals surface area (Å²) in [5.74, 6) is -2.78. The first kappa shape index (κ1) is 34.7. The fraction of sp³-hybridized carbons (Fsp3) is 0.432. The molecule has 6 nitrogen and oxygen atoms in total. The van der Waals surface area contributed by atoms with Crippen LogP contribution >= 0.6 is 0 Å². The molecule has 0 radical (unpaired) electrons. The van der Waals surface area contributed by atoms with Crippen LogP contribution < -0.4 is 10.4 Å². The summed E-state index contributed by atoms with van der Waals surface area (Å²) >= 11 is 0. The van der Waals surface area contributed by atoms with Crippen molar-refractivity contribution in [3.63, 3.8) is 0 Å². The highest BCUT2D eigenvalue weighted by Gasteiger charge is 2.52. The van der Waals surface area contributed by atoms with Gasteiger partial charge in [-0.3, -0.25) is 0 Å². The van der Waals surface area contributed by atoms with E-state index in [0.29, 0.717) is 5.56 Å². The van der Waals surface area contributed by atoms with Gasteiger partial charge in [-0.1, -0.05) is 107 Å². The molecule has 45 heavy (non-hydrogen) atoms. The van der Waals surface area contributed by atoms with Crippen LogP contribution in [0.25, 0.3) is 0 Å². The molecule has 1 N–H and O–H groups in total. The van der Waals surface area contributed by atoms with E-state index in [9.17, 15) is 9.90 Å². The minimum absolute atomic E-state index is 0.189. The number of hydrogen-bond donors (Lipinski definition) is 1. The molecule has 4 rings (SSSR count). The van der Waals surface area contributed by atoms with Crippen molar-refractivity contribution < 1.29 is 32.9 Å². The zero-order valence-corrected chi connectivity index (χ0v) is 28.4. The summed E-state index contributed by atoms with van der Waals surface area (Å²) in [6.07, 6.45) is -1.77. The lowest BCUT2D eigenvalue weighted by atomic mass is 10.00. The van der Waals surface area contributed by atoms with Gasteiger partial charge in [0.25, 0.3) is 8.32 Å². The Balaban J connectivity index is 1.70. The minimum atomic E-state index is -2.90. The largest absolute Gasteiger partial charge is 0.449 e. The number of benzene rings is 3. The molecule has 1 aliphatic heterocycles. The van der Waals surface area contributed by atoms with E-state index in [4.69, 9.17) is 18.6 Å². The second-order valence-corrected chi connectivity index (χ2v) is 17.5. The first-order valence-electron chi connectivity index (χ1n) is 15.7. The quantitative estimate of drug-likeness (QED) is 0.180. The van der Waals surface area contributed by atoms with Crippen molar-refractivity contribution in [1.82, 2.24) is 0 Å². The molecule has 0 aromatic heterocycles. The van der Waals surface area contributed by atoms with Crippen LogP contribution in [-0.4, -0.2) is 56.2 Å². The van der Waals surface area contributed by atoms with Crippen LogP contribution in [0.4, 0.5) is 4.39 Å². The van der Waals surface area contributed by atoms with E-state index >= 15 is 4.39 Å². The smallest absolute Gasteiger partial charge is 0.338 e. The highest BCUT2D eigenvalue weighted by Crippen LogP contribution is 2.39. The predicted molar refractivity (Wildman–Crippen MR) is 178 cm³/mol. The minimum Gasteiger partial charge on any atom is -0.449 e. The van der Waals surface area contributed by atoms with Gasteiger partial charge >= 0.3 is 5.97 Å². The highest BCUT2D eigenvalue weighted by atomic mass is 28.4. The number of carbonyl (C=O) groups excluding carboxylic acids is 1. The average molecular weight is 635 g/mol. The molecule has 0 aliphatic carbocycles. The molecule has 3 aromatic rings. The lowest BCUT2D eigenvalue weighted by Crippen LogP contribution is -2.67. The van der Waals surface area contributed by atoms with Crippen molar-refractivity contribution in [2.45, 2.75) is 90.1 Å². The lowest BCUT2D eigenvalue weighted by Gasteiger charge is -2.45. The highest BCUT2D eigenvalue weighted by molar-refractivity contribution is 6.99. The van der Waals surface area contributed by atoms with Crippen molar-refractivity contribution in [3.8, 4) is 0 Å².